The van der Waals surface area contributed by atoms with E-state index in [1.807, 2.05) is 0 Å². The van der Waals surface area contributed by atoms with Crippen molar-refractivity contribution in [1.82, 2.24) is 21.3 Å². The first-order valence-corrected chi connectivity index (χ1v) is 46.4. The summed E-state index contributed by atoms with van der Waals surface area (Å²) in [5.74, 6) is -4.22. The van der Waals surface area contributed by atoms with Crippen LogP contribution in [0.25, 0.3) is 0 Å². The molecule has 11 aliphatic heterocycles. The van der Waals surface area contributed by atoms with E-state index in [0.717, 1.165) is 34.6 Å². The lowest BCUT2D eigenvalue weighted by Gasteiger charge is -2.52. The fraction of sp³-hybridized carbons (Fsp3) is 0.946. The van der Waals surface area contributed by atoms with Crippen LogP contribution in [-0.2, 0) is 148 Å². The molecular formula is C74H124N4O60S2. The van der Waals surface area contributed by atoms with Crippen LogP contribution in [0, 0.1) is 0 Å². The predicted octanol–water partition coefficient (Wildman–Crippen LogP) is -22.7. The largest absolute Gasteiger partial charge is 0.397 e. The molecule has 55 atom stereocenters. The standard InChI is InChI=1S/C74H124N4O60S2/c1-16-35(88)45(98)51(104)68(120-16)116-13-28-57(42(95)31(64(109)122-28)75-18(3)84)131-65-32(76-19(4)85)43(96)56(26(11-83)127-65)132-72-55(108)61(41(94)27(128-72)12-117-73-62(49(102)39(92)24(9-81)125-73)137-66-33(77-20(5)86)44(97)58(29(129-66)14-118-139(110,111)112)133-70-53(106)47(100)37(90)22(7-79)123-70)136-74-63(50(103)40(93)25(10-82)126-74)138-67-34(78-21(6)87)60(135-69-52(105)46(99)36(89)17(2)121-69)59(30(130-67)15-119-140(113,114)115)134-71-54(107)48(101)38(91)23(8-80)124-71/h16-17,22-74,79-83,88-109H,7-15H2,1-6H3,(H,75,84)(H,76,85)(H,77,86)(H,78,87)(H,110,111,112)(H,113,114,115)/t16-,17-,22+,23+,24+,25+,26+,27+,28+,29+,30+,31+,32+,33+,34+,35+,36+,37-,38-,39+,40+,41+,42+,43+,44+,45+,46+,47-,48-,49-,50-,51-,52-,53+,54+,55-,56+,57+,58+,59+,60+,61-,62-,63-,64+,65-,66-,67-,68+,69-,70-,71-,72-,73-,74+/m0/s1. The van der Waals surface area contributed by atoms with Gasteiger partial charge in [0.05, 0.1) is 71.7 Å². The van der Waals surface area contributed by atoms with Gasteiger partial charge >= 0.3 is 20.8 Å². The Bertz CT molecular complexity index is 4180. The van der Waals surface area contributed by atoms with Gasteiger partial charge in [-0.1, -0.05) is 0 Å². The van der Waals surface area contributed by atoms with Crippen molar-refractivity contribution in [2.45, 2.75) is 379 Å². The van der Waals surface area contributed by atoms with E-state index in [1.54, 1.807) is 0 Å². The van der Waals surface area contributed by atoms with Crippen molar-refractivity contribution < 1.29 is 291 Å². The molecule has 11 saturated heterocycles. The highest BCUT2D eigenvalue weighted by Crippen LogP contribution is 2.43. The van der Waals surface area contributed by atoms with Crippen LogP contribution in [0.3, 0.4) is 0 Å². The topological polar surface area (TPSA) is 984 Å². The van der Waals surface area contributed by atoms with Gasteiger partial charge in [-0.05, 0) is 13.8 Å². The van der Waals surface area contributed by atoms with Crippen LogP contribution >= 0.6 is 0 Å². The van der Waals surface area contributed by atoms with Crippen LogP contribution in [-0.4, -0.2) is 584 Å². The van der Waals surface area contributed by atoms with Crippen LogP contribution in [0.4, 0.5) is 0 Å². The summed E-state index contributed by atoms with van der Waals surface area (Å²) in [5.41, 5.74) is 0. The molecule has 11 fully saturated rings. The van der Waals surface area contributed by atoms with Gasteiger partial charge in [0, 0.05) is 27.7 Å². The highest BCUT2D eigenvalue weighted by molar-refractivity contribution is 7.81. The number of hydrogen-bond donors (Lipinski definition) is 33. The van der Waals surface area contributed by atoms with E-state index in [4.69, 9.17) is 104 Å². The van der Waals surface area contributed by atoms with E-state index in [2.05, 4.69) is 25.5 Å². The average molecular weight is 2090 g/mol. The quantitative estimate of drug-likeness (QED) is 0.0257. The van der Waals surface area contributed by atoms with E-state index < -0.39 is 441 Å². The SMILES string of the molecule is CC(=O)N[C@@H]1[C@@H](O)[C@H](O[C@@H]2O[C@H](CO)[C@@H](O[C@@H]3O[C@H](CO[C@H]4O[C@H](CO)[C@@H](O)[C@H](O)[C@@H]4O[C@@H]4O[C@H](COS(=O)(=O)O)[C@@H](O[C@@H]5O[C@H](CO)[C@H](O)[C@H](O)[C@H]5O)[C@H](O)[C@H]4NC(C)=O)[C@@H](O)[C@H](O[C@H]4O[C@H](CO)[C@@H](O)[C@H](O)[C@@H]4O[C@@H]4O[C@H](COS(=O)(=O)O)[C@@H](O[C@@H]5O[C@H](CO)[C@H](O)[C@H](O)[C@H]5O)[C@H](O[C@@H]5O[C@@H](C)[C@@H](O)[C@@H](O)[C@@H]5O)[C@H]4NC(C)=O)[C@@H]3O)[C@H](O)[C@H]2NC(C)=O)[C@@H](CO[C@@H]2O[C@@H](C)[C@@H](O)[C@@H](O)[C@@H]2O)O[C@H]1O. The van der Waals surface area contributed by atoms with Gasteiger partial charge in [0.15, 0.2) is 69.2 Å². The van der Waals surface area contributed by atoms with Crippen molar-refractivity contribution in [3.05, 3.63) is 0 Å². The number of hydrogen-bond acceptors (Lipinski definition) is 58. The van der Waals surface area contributed by atoms with Crippen LogP contribution in [0.5, 0.6) is 0 Å². The Morgan fingerprint density at radius 2 is 0.514 bits per heavy atom. The van der Waals surface area contributed by atoms with E-state index in [0.29, 0.717) is 0 Å². The summed E-state index contributed by atoms with van der Waals surface area (Å²) in [6.07, 6.45) is -114. The Hall–Kier alpha value is -4.30. The normalized spacial score (nSPS) is 48.4. The Labute approximate surface area is 792 Å². The summed E-state index contributed by atoms with van der Waals surface area (Å²) in [6.45, 7) is -5.68. The molecule has 66 heteroatoms. The molecule has 0 radical (unpaired) electrons. The second-order valence-electron chi connectivity index (χ2n) is 34.8. The molecule has 11 aliphatic rings. The fourth-order valence-corrected chi connectivity index (χ4v) is 18.1. The van der Waals surface area contributed by atoms with Gasteiger partial charge in [-0.25, -0.2) is 8.37 Å². The molecule has 0 unspecified atom stereocenters. The molecule has 33 N–H and O–H groups in total. The minimum atomic E-state index is -5.70. The molecule has 11 rings (SSSR count). The van der Waals surface area contributed by atoms with Crippen molar-refractivity contribution in [3.8, 4) is 0 Å². The maximum Gasteiger partial charge on any atom is 0.397 e. The van der Waals surface area contributed by atoms with E-state index in [9.17, 15) is 183 Å². The highest BCUT2D eigenvalue weighted by Gasteiger charge is 2.63. The number of nitrogens with one attached hydrogen (secondary N) is 4. The van der Waals surface area contributed by atoms with Crippen LogP contribution in [0.2, 0.25) is 0 Å². The van der Waals surface area contributed by atoms with Crippen LogP contribution in [0.1, 0.15) is 41.5 Å². The zero-order valence-corrected chi connectivity index (χ0v) is 76.2. The number of carbonyl (C=O) groups is 4. The predicted molar refractivity (Wildman–Crippen MR) is 427 cm³/mol. The Balaban J connectivity index is 0.982. The zero-order valence-electron chi connectivity index (χ0n) is 74.6. The molecule has 140 heavy (non-hydrogen) atoms. The molecule has 0 bridgehead atoms. The fourth-order valence-electron chi connectivity index (χ4n) is 17.5. The minimum absolute atomic E-state index is 0.802. The van der Waals surface area contributed by atoms with Crippen LogP contribution < -0.4 is 21.3 Å². The monoisotopic (exact) mass is 2090 g/mol. The van der Waals surface area contributed by atoms with Gasteiger partial charge in [-0.15, -0.1) is 0 Å². The lowest BCUT2D eigenvalue weighted by Crippen LogP contribution is -2.71. The van der Waals surface area contributed by atoms with E-state index >= 15 is 0 Å². The maximum atomic E-state index is 13.7. The molecule has 0 aromatic carbocycles. The molecule has 11 heterocycles. The van der Waals surface area contributed by atoms with Crippen LogP contribution in [0.15, 0.2) is 0 Å². The second kappa shape index (κ2) is 49.4. The first kappa shape index (κ1) is 116. The molecule has 0 spiro atoms. The van der Waals surface area contributed by atoms with E-state index in [1.165, 1.54) is 6.92 Å². The van der Waals surface area contributed by atoms with E-state index in [-0.39, 0.29) is 0 Å². The number of carbonyl (C=O) groups excluding carboxylic acids is 4. The first-order chi connectivity index (χ1) is 65.7. The molecule has 812 valence electrons. The summed E-state index contributed by atoms with van der Waals surface area (Å²) >= 11 is 0. The van der Waals surface area contributed by atoms with Gasteiger partial charge in [0.25, 0.3) is 0 Å². The van der Waals surface area contributed by atoms with Crippen molar-refractivity contribution >= 4 is 44.4 Å². The van der Waals surface area contributed by atoms with Crippen molar-refractivity contribution in [1.29, 1.82) is 0 Å². The summed E-state index contributed by atoms with van der Waals surface area (Å²) in [7, 11) is -11.2. The maximum absolute atomic E-state index is 13.7. The Morgan fingerprint density at radius 1 is 0.236 bits per heavy atom. The smallest absolute Gasteiger partial charge is 0.394 e. The molecule has 0 aliphatic carbocycles. The van der Waals surface area contributed by atoms with Gasteiger partial charge in [0.1, 0.15) is 256 Å². The molecule has 4 amide bonds. The molecule has 0 saturated carbocycles. The summed E-state index contributed by atoms with van der Waals surface area (Å²) in [5, 5.41) is 315. The summed E-state index contributed by atoms with van der Waals surface area (Å²) < 4.78 is 204. The minimum Gasteiger partial charge on any atom is -0.394 e. The lowest BCUT2D eigenvalue weighted by atomic mass is 9.93. The zero-order chi connectivity index (χ0) is 104. The van der Waals surface area contributed by atoms with Gasteiger partial charge in [-0.3, -0.25) is 28.3 Å². The number of ether oxygens (including phenoxy) is 21. The highest BCUT2D eigenvalue weighted by atomic mass is 32.3. The average Bonchev–Trinajstić information content (AvgIpc) is 0.753. The van der Waals surface area contributed by atoms with Crippen molar-refractivity contribution in [2.75, 3.05) is 59.5 Å². The van der Waals surface area contributed by atoms with Gasteiger partial charge in [0.2, 0.25) is 23.6 Å². The third-order valence-corrected chi connectivity index (χ3v) is 25.8. The number of aliphatic hydroxyl groups excluding tert-OH is 27. The second-order valence-corrected chi connectivity index (χ2v) is 37.0. The Morgan fingerprint density at radius 3 is 0.957 bits per heavy atom. The Kier molecular flexibility index (Phi) is 41.0. The lowest BCUT2D eigenvalue weighted by molar-refractivity contribution is -0.403. The summed E-state index contributed by atoms with van der Waals surface area (Å²) in [6, 6.07) is -8.41. The molecular weight excluding hydrogens is 1970 g/mol. The molecule has 0 aromatic rings. The summed E-state index contributed by atoms with van der Waals surface area (Å²) in [4.78, 5) is 52.8. The third-order valence-electron chi connectivity index (χ3n) is 24.9. The van der Waals surface area contributed by atoms with Crippen molar-refractivity contribution in [2.24, 2.45) is 0 Å². The molecule has 64 nitrogen and oxygen atoms in total. The first-order valence-electron chi connectivity index (χ1n) is 43.7. The molecule has 0 aromatic heterocycles. The number of aliphatic hydroxyl groups is 27. The van der Waals surface area contributed by atoms with Crippen molar-refractivity contribution in [3.63, 3.8) is 0 Å². The third kappa shape index (κ3) is 26.9. The van der Waals surface area contributed by atoms with Gasteiger partial charge < -0.3 is 259 Å². The van der Waals surface area contributed by atoms with Gasteiger partial charge in [-0.2, -0.15) is 16.8 Å². The number of rotatable bonds is 37. The number of amides is 4.